The maximum absolute atomic E-state index is 12.0. The van der Waals surface area contributed by atoms with Gasteiger partial charge in [0.2, 0.25) is 5.91 Å². The smallest absolute Gasteiger partial charge is 0.219 e. The van der Waals surface area contributed by atoms with Crippen LogP contribution in [0.4, 0.5) is 22.9 Å². The van der Waals surface area contributed by atoms with Crippen molar-refractivity contribution in [2.24, 2.45) is 0 Å². The van der Waals surface area contributed by atoms with Crippen LogP contribution in [0.1, 0.15) is 30.0 Å². The Morgan fingerprint density at radius 1 is 0.970 bits per heavy atom. The maximum Gasteiger partial charge on any atom is 0.219 e. The SMILES string of the molecule is CC(=O)c1nnc(Nc2ccc(N3CCN(C(C)=O)CC3)cc2)cc1NCc1ccccn1. The van der Waals surface area contributed by atoms with Gasteiger partial charge in [-0.1, -0.05) is 6.07 Å². The van der Waals surface area contributed by atoms with Crippen LogP contribution in [0.5, 0.6) is 0 Å². The summed E-state index contributed by atoms with van der Waals surface area (Å²) < 4.78 is 0. The summed E-state index contributed by atoms with van der Waals surface area (Å²) in [5.41, 5.74) is 3.72. The number of rotatable bonds is 7. The summed E-state index contributed by atoms with van der Waals surface area (Å²) >= 11 is 0. The van der Waals surface area contributed by atoms with Crippen LogP contribution in [0.25, 0.3) is 0 Å². The van der Waals surface area contributed by atoms with E-state index in [-0.39, 0.29) is 17.4 Å². The molecule has 3 heterocycles. The Balaban J connectivity index is 1.43. The van der Waals surface area contributed by atoms with Crippen LogP contribution >= 0.6 is 0 Å². The average Bonchev–Trinajstić information content (AvgIpc) is 2.84. The molecule has 0 aliphatic carbocycles. The quantitative estimate of drug-likeness (QED) is 0.535. The van der Waals surface area contributed by atoms with Crippen molar-refractivity contribution in [3.63, 3.8) is 0 Å². The lowest BCUT2D eigenvalue weighted by Crippen LogP contribution is -2.48. The zero-order chi connectivity index (χ0) is 23.2. The van der Waals surface area contributed by atoms with Gasteiger partial charge in [0.15, 0.2) is 17.3 Å². The maximum atomic E-state index is 12.0. The van der Waals surface area contributed by atoms with Crippen LogP contribution in [-0.4, -0.2) is 58.0 Å². The molecule has 1 amide bonds. The van der Waals surface area contributed by atoms with Gasteiger partial charge in [0.1, 0.15) is 0 Å². The highest BCUT2D eigenvalue weighted by Gasteiger charge is 2.18. The minimum atomic E-state index is -0.160. The van der Waals surface area contributed by atoms with Crippen molar-refractivity contribution in [3.8, 4) is 0 Å². The first-order valence-corrected chi connectivity index (χ1v) is 10.9. The summed E-state index contributed by atoms with van der Waals surface area (Å²) in [5.74, 6) is 0.498. The highest BCUT2D eigenvalue weighted by atomic mass is 16.2. The van der Waals surface area contributed by atoms with Crippen LogP contribution in [0.2, 0.25) is 0 Å². The van der Waals surface area contributed by atoms with Crippen LogP contribution in [0.3, 0.4) is 0 Å². The van der Waals surface area contributed by atoms with Gasteiger partial charge in [-0.3, -0.25) is 14.6 Å². The molecule has 1 aliphatic heterocycles. The Labute approximate surface area is 192 Å². The van der Waals surface area contributed by atoms with E-state index in [1.54, 1.807) is 19.2 Å². The lowest BCUT2D eigenvalue weighted by Gasteiger charge is -2.35. The fourth-order valence-corrected chi connectivity index (χ4v) is 3.72. The molecule has 1 aromatic carbocycles. The summed E-state index contributed by atoms with van der Waals surface area (Å²) in [6, 6.07) is 15.5. The molecular weight excluding hydrogens is 418 g/mol. The molecule has 2 N–H and O–H groups in total. The van der Waals surface area contributed by atoms with E-state index >= 15 is 0 Å². The molecule has 33 heavy (non-hydrogen) atoms. The molecule has 0 saturated carbocycles. The Bertz CT molecular complexity index is 1110. The second-order valence-electron chi connectivity index (χ2n) is 7.89. The number of Topliss-reactive ketones (excluding diaryl/α,β-unsaturated/α-hetero) is 1. The van der Waals surface area contributed by atoms with E-state index < -0.39 is 0 Å². The number of benzene rings is 1. The number of nitrogens with one attached hydrogen (secondary N) is 2. The first-order chi connectivity index (χ1) is 16.0. The second kappa shape index (κ2) is 10.1. The van der Waals surface area contributed by atoms with Crippen LogP contribution in [-0.2, 0) is 11.3 Å². The van der Waals surface area contributed by atoms with Gasteiger partial charge in [0.05, 0.1) is 17.9 Å². The van der Waals surface area contributed by atoms with Gasteiger partial charge >= 0.3 is 0 Å². The number of anilines is 4. The van der Waals surface area contributed by atoms with Crippen molar-refractivity contribution in [2.45, 2.75) is 20.4 Å². The average molecular weight is 446 g/mol. The monoisotopic (exact) mass is 445 g/mol. The molecule has 9 nitrogen and oxygen atoms in total. The molecule has 0 bridgehead atoms. The molecule has 1 fully saturated rings. The van der Waals surface area contributed by atoms with Crippen molar-refractivity contribution < 1.29 is 9.59 Å². The number of ketones is 1. The van der Waals surface area contributed by atoms with E-state index in [2.05, 4.69) is 30.7 Å². The van der Waals surface area contributed by atoms with E-state index in [1.165, 1.54) is 6.92 Å². The predicted octanol–water partition coefficient (Wildman–Crippen LogP) is 3.10. The van der Waals surface area contributed by atoms with Crippen LogP contribution < -0.4 is 15.5 Å². The van der Waals surface area contributed by atoms with Gasteiger partial charge in [0.25, 0.3) is 0 Å². The van der Waals surface area contributed by atoms with Gasteiger partial charge in [-0.05, 0) is 36.4 Å². The Kier molecular flexibility index (Phi) is 6.77. The van der Waals surface area contributed by atoms with Gasteiger partial charge in [-0.15, -0.1) is 10.2 Å². The van der Waals surface area contributed by atoms with Crippen molar-refractivity contribution in [2.75, 3.05) is 41.7 Å². The predicted molar refractivity (Wildman–Crippen MR) is 128 cm³/mol. The fourth-order valence-electron chi connectivity index (χ4n) is 3.72. The minimum absolute atomic E-state index is 0.125. The lowest BCUT2D eigenvalue weighted by atomic mass is 10.2. The number of hydrogen-bond donors (Lipinski definition) is 2. The summed E-state index contributed by atoms with van der Waals surface area (Å²) in [5, 5.41) is 14.8. The third kappa shape index (κ3) is 5.62. The molecule has 0 atom stereocenters. The molecule has 0 unspecified atom stereocenters. The zero-order valence-electron chi connectivity index (χ0n) is 18.8. The molecule has 1 saturated heterocycles. The van der Waals surface area contributed by atoms with Gasteiger partial charge in [-0.2, -0.15) is 0 Å². The number of piperazine rings is 1. The van der Waals surface area contributed by atoms with E-state index in [4.69, 9.17) is 0 Å². The van der Waals surface area contributed by atoms with Gasteiger partial charge < -0.3 is 20.4 Å². The molecule has 0 spiro atoms. The summed E-state index contributed by atoms with van der Waals surface area (Å²) in [6.07, 6.45) is 1.73. The van der Waals surface area contributed by atoms with Gasteiger partial charge in [0, 0.05) is 63.7 Å². The second-order valence-corrected chi connectivity index (χ2v) is 7.89. The normalized spacial score (nSPS) is 13.5. The lowest BCUT2D eigenvalue weighted by molar-refractivity contribution is -0.129. The zero-order valence-corrected chi connectivity index (χ0v) is 18.8. The number of carbonyl (C=O) groups excluding carboxylic acids is 2. The Morgan fingerprint density at radius 2 is 1.73 bits per heavy atom. The Morgan fingerprint density at radius 3 is 2.36 bits per heavy atom. The van der Waals surface area contributed by atoms with Crippen molar-refractivity contribution >= 4 is 34.6 Å². The molecule has 4 rings (SSSR count). The number of amides is 1. The highest BCUT2D eigenvalue weighted by Crippen LogP contribution is 2.24. The number of hydrogen-bond acceptors (Lipinski definition) is 8. The Hall–Kier alpha value is -4.01. The van der Waals surface area contributed by atoms with Crippen LogP contribution in [0.15, 0.2) is 54.7 Å². The molecule has 1 aliphatic rings. The molecular formula is C24H27N7O2. The molecule has 0 radical (unpaired) electrons. The molecule has 9 heteroatoms. The van der Waals surface area contributed by atoms with E-state index in [1.807, 2.05) is 47.4 Å². The molecule has 170 valence electrons. The standard InChI is InChI=1S/C24H27N7O2/c1-17(32)24-22(26-16-20-5-3-4-10-25-20)15-23(28-29-24)27-19-6-8-21(9-7-19)31-13-11-30(12-14-31)18(2)33/h3-10,15H,11-14,16H2,1-2H3,(H2,26,27,28). The fraction of sp³-hybridized carbons (Fsp3) is 0.292. The van der Waals surface area contributed by atoms with E-state index in [0.29, 0.717) is 18.1 Å². The first kappa shape index (κ1) is 22.2. The summed E-state index contributed by atoms with van der Waals surface area (Å²) in [4.78, 5) is 31.9. The highest BCUT2D eigenvalue weighted by molar-refractivity contribution is 5.97. The van der Waals surface area contributed by atoms with Crippen molar-refractivity contribution in [3.05, 3.63) is 66.1 Å². The van der Waals surface area contributed by atoms with Crippen molar-refractivity contribution in [1.82, 2.24) is 20.1 Å². The summed E-state index contributed by atoms with van der Waals surface area (Å²) in [7, 11) is 0. The first-order valence-electron chi connectivity index (χ1n) is 10.9. The van der Waals surface area contributed by atoms with E-state index in [0.717, 1.165) is 43.2 Å². The van der Waals surface area contributed by atoms with Gasteiger partial charge in [-0.25, -0.2) is 0 Å². The third-order valence-corrected chi connectivity index (χ3v) is 5.54. The summed E-state index contributed by atoms with van der Waals surface area (Å²) in [6.45, 7) is 6.66. The number of carbonyl (C=O) groups is 2. The molecule has 2 aromatic heterocycles. The largest absolute Gasteiger partial charge is 0.377 e. The van der Waals surface area contributed by atoms with Crippen LogP contribution in [0, 0.1) is 0 Å². The number of aromatic nitrogens is 3. The minimum Gasteiger partial charge on any atom is -0.377 e. The topological polar surface area (TPSA) is 103 Å². The van der Waals surface area contributed by atoms with Crippen molar-refractivity contribution in [1.29, 1.82) is 0 Å². The third-order valence-electron chi connectivity index (χ3n) is 5.54. The van der Waals surface area contributed by atoms with E-state index in [9.17, 15) is 9.59 Å². The number of pyridine rings is 1. The number of nitrogens with zero attached hydrogens (tertiary/aromatic N) is 5. The molecule has 3 aromatic rings.